The van der Waals surface area contributed by atoms with Crippen molar-refractivity contribution in [3.63, 3.8) is 0 Å². The Hall–Kier alpha value is -2.73. The lowest BCUT2D eigenvalue weighted by Crippen LogP contribution is -2.37. The molecule has 2 atom stereocenters. The van der Waals surface area contributed by atoms with E-state index in [-0.39, 0.29) is 23.5 Å². The van der Waals surface area contributed by atoms with Crippen LogP contribution in [0.15, 0.2) is 54.6 Å². The first-order valence-electron chi connectivity index (χ1n) is 8.49. The van der Waals surface area contributed by atoms with E-state index in [0.29, 0.717) is 19.5 Å². The van der Waals surface area contributed by atoms with Crippen LogP contribution in [-0.2, 0) is 16.1 Å². The molecule has 1 saturated heterocycles. The number of hydrogen-bond acceptors (Lipinski definition) is 4. The summed E-state index contributed by atoms with van der Waals surface area (Å²) in [5.41, 5.74) is 1.35. The predicted octanol–water partition coefficient (Wildman–Crippen LogP) is 2.37. The van der Waals surface area contributed by atoms with Gasteiger partial charge in [-0.05, 0) is 30.2 Å². The quantitative estimate of drug-likeness (QED) is 0.836. The van der Waals surface area contributed by atoms with Crippen molar-refractivity contribution in [1.82, 2.24) is 10.2 Å². The van der Waals surface area contributed by atoms with Crippen molar-refractivity contribution >= 4 is 11.9 Å². The zero-order valence-electron chi connectivity index (χ0n) is 14.5. The van der Waals surface area contributed by atoms with Gasteiger partial charge in [-0.1, -0.05) is 36.4 Å². The van der Waals surface area contributed by atoms with Gasteiger partial charge in [0.1, 0.15) is 11.9 Å². The molecule has 26 heavy (non-hydrogen) atoms. The lowest BCUT2D eigenvalue weighted by molar-refractivity contribution is -0.146. The maximum atomic E-state index is 13.3. The van der Waals surface area contributed by atoms with Crippen molar-refractivity contribution < 1.29 is 18.7 Å². The third kappa shape index (κ3) is 4.26. The molecule has 136 valence electrons. The minimum atomic E-state index is -0.456. The lowest BCUT2D eigenvalue weighted by atomic mass is 10.1. The average molecular weight is 356 g/mol. The Kier molecular flexibility index (Phi) is 5.63. The number of halogens is 1. The topological polar surface area (TPSA) is 58.6 Å². The van der Waals surface area contributed by atoms with E-state index >= 15 is 0 Å². The van der Waals surface area contributed by atoms with Gasteiger partial charge in [0.05, 0.1) is 7.11 Å². The van der Waals surface area contributed by atoms with Crippen LogP contribution < -0.4 is 5.32 Å². The molecule has 6 heteroatoms. The number of methoxy groups -OCH3 is 1. The Labute approximate surface area is 151 Å². The second-order valence-electron chi connectivity index (χ2n) is 6.37. The number of carbonyl (C=O) groups excluding carboxylic acids is 2. The number of nitrogens with zero attached hydrogens (tertiary/aromatic N) is 1. The summed E-state index contributed by atoms with van der Waals surface area (Å²) in [7, 11) is 1.36. The monoisotopic (exact) mass is 356 g/mol. The van der Waals surface area contributed by atoms with Crippen LogP contribution in [0.4, 0.5) is 4.39 Å². The van der Waals surface area contributed by atoms with E-state index in [1.54, 1.807) is 6.07 Å². The average Bonchev–Trinajstić information content (AvgIpc) is 3.04. The number of amides is 1. The Balaban J connectivity index is 1.69. The number of nitrogens with one attached hydrogen (secondary N) is 1. The largest absolute Gasteiger partial charge is 0.468 e. The molecule has 2 aromatic carbocycles. The van der Waals surface area contributed by atoms with Crippen LogP contribution in [-0.4, -0.2) is 42.5 Å². The normalized spacial score (nSPS) is 19.9. The van der Waals surface area contributed by atoms with Gasteiger partial charge < -0.3 is 10.1 Å². The fraction of sp³-hybridized carbons (Fsp3) is 0.300. The van der Waals surface area contributed by atoms with E-state index in [1.165, 1.54) is 25.3 Å². The van der Waals surface area contributed by atoms with Crippen molar-refractivity contribution in [2.45, 2.75) is 25.0 Å². The Morgan fingerprint density at radius 3 is 2.65 bits per heavy atom. The summed E-state index contributed by atoms with van der Waals surface area (Å²) in [5, 5.41) is 2.89. The number of esters is 1. The highest BCUT2D eigenvalue weighted by molar-refractivity contribution is 5.94. The molecule has 0 saturated carbocycles. The number of carbonyl (C=O) groups is 2. The van der Waals surface area contributed by atoms with Gasteiger partial charge in [0.25, 0.3) is 5.91 Å². The molecule has 1 aliphatic heterocycles. The summed E-state index contributed by atoms with van der Waals surface area (Å²) in [6.07, 6.45) is 0.459. The van der Waals surface area contributed by atoms with Gasteiger partial charge in [0.15, 0.2) is 0 Å². The first-order valence-corrected chi connectivity index (χ1v) is 8.49. The number of benzene rings is 2. The highest BCUT2D eigenvalue weighted by Gasteiger charge is 2.38. The molecule has 2 aromatic rings. The van der Waals surface area contributed by atoms with Crippen LogP contribution in [0.5, 0.6) is 0 Å². The molecular formula is C20H21FN2O3. The van der Waals surface area contributed by atoms with E-state index in [2.05, 4.69) is 5.32 Å². The fourth-order valence-corrected chi connectivity index (χ4v) is 3.28. The fourth-order valence-electron chi connectivity index (χ4n) is 3.28. The first-order chi connectivity index (χ1) is 12.6. The molecule has 1 amide bonds. The Morgan fingerprint density at radius 2 is 1.96 bits per heavy atom. The summed E-state index contributed by atoms with van der Waals surface area (Å²) in [4.78, 5) is 26.5. The number of rotatable bonds is 5. The molecule has 0 unspecified atom stereocenters. The molecule has 5 nitrogen and oxygen atoms in total. The third-order valence-corrected chi connectivity index (χ3v) is 4.53. The second kappa shape index (κ2) is 8.10. The summed E-state index contributed by atoms with van der Waals surface area (Å²) in [5.74, 6) is -1.12. The smallest absolute Gasteiger partial charge is 0.323 e. The molecule has 1 aliphatic rings. The van der Waals surface area contributed by atoms with E-state index in [1.807, 2.05) is 35.2 Å². The van der Waals surface area contributed by atoms with Gasteiger partial charge in [0, 0.05) is 24.7 Å². The summed E-state index contributed by atoms with van der Waals surface area (Å²) >= 11 is 0. The van der Waals surface area contributed by atoms with E-state index < -0.39 is 11.9 Å². The van der Waals surface area contributed by atoms with Crippen LogP contribution in [0.3, 0.4) is 0 Å². The standard InChI is InChI=1S/C20H21FN2O3/c1-26-20(25)18-11-17(13-23(18)12-14-6-3-2-4-7-14)22-19(24)15-8-5-9-16(21)10-15/h2-10,17-18H,11-13H2,1H3,(H,22,24)/t17-,18+/m1/s1. The van der Waals surface area contributed by atoms with Gasteiger partial charge >= 0.3 is 5.97 Å². The Morgan fingerprint density at radius 1 is 1.19 bits per heavy atom. The van der Waals surface area contributed by atoms with Crippen molar-refractivity contribution in [2.75, 3.05) is 13.7 Å². The minimum absolute atomic E-state index is 0.210. The maximum absolute atomic E-state index is 13.3. The van der Waals surface area contributed by atoms with E-state index in [4.69, 9.17) is 4.74 Å². The molecule has 1 fully saturated rings. The first kappa shape index (κ1) is 18.1. The van der Waals surface area contributed by atoms with Gasteiger partial charge in [-0.3, -0.25) is 14.5 Å². The molecule has 0 aliphatic carbocycles. The zero-order valence-corrected chi connectivity index (χ0v) is 14.5. The van der Waals surface area contributed by atoms with Crippen LogP contribution >= 0.6 is 0 Å². The van der Waals surface area contributed by atoms with E-state index in [9.17, 15) is 14.0 Å². The predicted molar refractivity (Wildman–Crippen MR) is 94.9 cm³/mol. The van der Waals surface area contributed by atoms with Crippen molar-refractivity contribution in [1.29, 1.82) is 0 Å². The third-order valence-electron chi connectivity index (χ3n) is 4.53. The van der Waals surface area contributed by atoms with Crippen LogP contribution in [0.1, 0.15) is 22.3 Å². The molecule has 0 spiro atoms. The number of ether oxygens (including phenoxy) is 1. The highest BCUT2D eigenvalue weighted by atomic mass is 19.1. The summed E-state index contributed by atoms with van der Waals surface area (Å²) in [6.45, 7) is 1.11. The van der Waals surface area contributed by atoms with Crippen molar-refractivity contribution in [3.8, 4) is 0 Å². The molecular weight excluding hydrogens is 335 g/mol. The molecule has 1 N–H and O–H groups in total. The molecule has 3 rings (SSSR count). The van der Waals surface area contributed by atoms with Gasteiger partial charge in [-0.15, -0.1) is 0 Å². The lowest BCUT2D eigenvalue weighted by Gasteiger charge is -2.22. The Bertz CT molecular complexity index is 782. The maximum Gasteiger partial charge on any atom is 0.323 e. The van der Waals surface area contributed by atoms with Crippen LogP contribution in [0.2, 0.25) is 0 Å². The molecule has 0 aromatic heterocycles. The molecule has 1 heterocycles. The minimum Gasteiger partial charge on any atom is -0.468 e. The van der Waals surface area contributed by atoms with Crippen LogP contribution in [0, 0.1) is 5.82 Å². The van der Waals surface area contributed by atoms with Crippen molar-refractivity contribution in [2.24, 2.45) is 0 Å². The van der Waals surface area contributed by atoms with E-state index in [0.717, 1.165) is 5.56 Å². The van der Waals surface area contributed by atoms with Crippen molar-refractivity contribution in [3.05, 3.63) is 71.5 Å². The van der Waals surface area contributed by atoms with Gasteiger partial charge in [0.2, 0.25) is 0 Å². The highest BCUT2D eigenvalue weighted by Crippen LogP contribution is 2.22. The molecule has 0 radical (unpaired) electrons. The number of hydrogen-bond donors (Lipinski definition) is 1. The summed E-state index contributed by atoms with van der Waals surface area (Å²) < 4.78 is 18.2. The van der Waals surface area contributed by atoms with Gasteiger partial charge in [-0.25, -0.2) is 4.39 Å². The second-order valence-corrected chi connectivity index (χ2v) is 6.37. The van der Waals surface area contributed by atoms with Crippen LogP contribution in [0.25, 0.3) is 0 Å². The number of likely N-dealkylation sites (tertiary alicyclic amines) is 1. The SMILES string of the molecule is COC(=O)[C@@H]1C[C@@H](NC(=O)c2cccc(F)c2)CN1Cc1ccccc1. The van der Waals surface area contributed by atoms with Gasteiger partial charge in [-0.2, -0.15) is 0 Å². The molecule has 0 bridgehead atoms. The zero-order chi connectivity index (χ0) is 18.5. The summed E-state index contributed by atoms with van der Waals surface area (Å²) in [6, 6.07) is 14.7.